The van der Waals surface area contributed by atoms with Crippen LogP contribution in [0, 0.1) is 5.92 Å². The molecular formula is C10H14N2O. The average molecular weight is 178 g/mol. The highest BCUT2D eigenvalue weighted by atomic mass is 16.1. The van der Waals surface area contributed by atoms with E-state index in [0.29, 0.717) is 11.6 Å². The van der Waals surface area contributed by atoms with E-state index in [0.717, 1.165) is 5.69 Å². The first kappa shape index (κ1) is 8.48. The summed E-state index contributed by atoms with van der Waals surface area (Å²) in [5.74, 6) is 0.805. The summed E-state index contributed by atoms with van der Waals surface area (Å²) in [5.41, 5.74) is 1.72. The van der Waals surface area contributed by atoms with Gasteiger partial charge in [-0.3, -0.25) is 9.89 Å². The topological polar surface area (TPSA) is 45.8 Å². The number of aromatic amines is 1. The number of hydrogen-bond donors (Lipinski definition) is 1. The first-order valence-electron chi connectivity index (χ1n) is 4.78. The summed E-state index contributed by atoms with van der Waals surface area (Å²) < 4.78 is 0. The van der Waals surface area contributed by atoms with Crippen molar-refractivity contribution < 1.29 is 4.79 Å². The lowest BCUT2D eigenvalue weighted by Crippen LogP contribution is -2.07. The lowest BCUT2D eigenvalue weighted by atomic mass is 10.1. The number of H-pyrrole nitrogens is 1. The summed E-state index contributed by atoms with van der Waals surface area (Å²) in [6, 6.07) is 1.90. The number of carbonyl (C=O) groups is 1. The lowest BCUT2D eigenvalue weighted by molar-refractivity contribution is 0.0934. The number of Topliss-reactive ketones (excluding diaryl/α,β-unsaturated/α-hetero) is 1. The summed E-state index contributed by atoms with van der Waals surface area (Å²) >= 11 is 0. The molecule has 1 aromatic rings. The molecule has 70 valence electrons. The van der Waals surface area contributed by atoms with E-state index in [1.54, 1.807) is 0 Å². The number of rotatable bonds is 3. The van der Waals surface area contributed by atoms with E-state index in [4.69, 9.17) is 0 Å². The van der Waals surface area contributed by atoms with Gasteiger partial charge in [-0.25, -0.2) is 0 Å². The predicted molar refractivity (Wildman–Crippen MR) is 49.7 cm³/mol. The van der Waals surface area contributed by atoms with Gasteiger partial charge in [0.1, 0.15) is 5.69 Å². The number of ketones is 1. The Morgan fingerprint density at radius 2 is 2.31 bits per heavy atom. The Kier molecular flexibility index (Phi) is 1.94. The normalized spacial score (nSPS) is 16.5. The molecule has 1 aliphatic carbocycles. The second kappa shape index (κ2) is 2.98. The van der Waals surface area contributed by atoms with Crippen molar-refractivity contribution in [1.82, 2.24) is 10.2 Å². The molecule has 1 N–H and O–H groups in total. The highest BCUT2D eigenvalue weighted by Gasteiger charge is 2.26. The maximum Gasteiger partial charge on any atom is 0.185 e. The van der Waals surface area contributed by atoms with Gasteiger partial charge in [0.25, 0.3) is 0 Å². The Hall–Kier alpha value is -1.12. The van der Waals surface area contributed by atoms with Crippen LogP contribution >= 0.6 is 0 Å². The maximum absolute atomic E-state index is 11.5. The van der Waals surface area contributed by atoms with E-state index >= 15 is 0 Å². The molecule has 0 bridgehead atoms. The molecular weight excluding hydrogens is 164 g/mol. The number of nitrogens with one attached hydrogen (secondary N) is 1. The maximum atomic E-state index is 11.5. The molecule has 3 nitrogen and oxygen atoms in total. The third-order valence-electron chi connectivity index (χ3n) is 2.39. The van der Waals surface area contributed by atoms with Gasteiger partial charge >= 0.3 is 0 Å². The van der Waals surface area contributed by atoms with Gasteiger partial charge in [0.15, 0.2) is 5.78 Å². The molecule has 0 spiro atoms. The van der Waals surface area contributed by atoms with Crippen LogP contribution in [0.25, 0.3) is 0 Å². The molecule has 0 amide bonds. The minimum absolute atomic E-state index is 0.0374. The van der Waals surface area contributed by atoms with Crippen LogP contribution < -0.4 is 0 Å². The fraction of sp³-hybridized carbons (Fsp3) is 0.600. The monoisotopic (exact) mass is 178 g/mol. The highest BCUT2D eigenvalue weighted by Crippen LogP contribution is 2.39. The number of carbonyl (C=O) groups excluding carboxylic acids is 1. The fourth-order valence-electron chi connectivity index (χ4n) is 1.36. The van der Waals surface area contributed by atoms with Gasteiger partial charge in [0.2, 0.25) is 0 Å². The third-order valence-corrected chi connectivity index (χ3v) is 2.39. The van der Waals surface area contributed by atoms with E-state index in [1.165, 1.54) is 12.8 Å². The summed E-state index contributed by atoms with van der Waals surface area (Å²) in [7, 11) is 0. The van der Waals surface area contributed by atoms with Gasteiger partial charge in [-0.1, -0.05) is 13.8 Å². The minimum atomic E-state index is 0.0374. The molecule has 0 saturated heterocycles. The van der Waals surface area contributed by atoms with Gasteiger partial charge in [-0.15, -0.1) is 0 Å². The van der Waals surface area contributed by atoms with Crippen LogP contribution in [0.3, 0.4) is 0 Å². The van der Waals surface area contributed by atoms with Gasteiger partial charge in [0.05, 0.1) is 0 Å². The Bertz CT molecular complexity index is 323. The summed E-state index contributed by atoms with van der Waals surface area (Å²) in [6.45, 7) is 3.79. The standard InChI is InChI=1S/C10H14N2O/c1-6(2)10(13)9-5-8(11-12-9)7-3-4-7/h5-7H,3-4H2,1-2H3,(H,11,12). The molecule has 2 rings (SSSR count). The molecule has 1 saturated carbocycles. The van der Waals surface area contributed by atoms with E-state index in [-0.39, 0.29) is 11.7 Å². The molecule has 3 heteroatoms. The summed E-state index contributed by atoms with van der Waals surface area (Å²) in [5, 5.41) is 6.96. The molecule has 0 radical (unpaired) electrons. The van der Waals surface area contributed by atoms with Crippen molar-refractivity contribution in [3.63, 3.8) is 0 Å². The molecule has 13 heavy (non-hydrogen) atoms. The second-order valence-electron chi connectivity index (χ2n) is 4.00. The van der Waals surface area contributed by atoms with E-state index in [9.17, 15) is 4.79 Å². The quantitative estimate of drug-likeness (QED) is 0.720. The average Bonchev–Trinajstić information content (AvgIpc) is 2.83. The number of aromatic nitrogens is 2. The van der Waals surface area contributed by atoms with Crippen LogP contribution in [0.15, 0.2) is 6.07 Å². The van der Waals surface area contributed by atoms with Gasteiger partial charge in [-0.05, 0) is 18.9 Å². The minimum Gasteiger partial charge on any atom is -0.292 e. The first-order chi connectivity index (χ1) is 6.18. The predicted octanol–water partition coefficient (Wildman–Crippen LogP) is 2.13. The molecule has 1 aromatic heterocycles. The molecule has 0 atom stereocenters. The molecule has 0 aliphatic heterocycles. The molecule has 1 fully saturated rings. The van der Waals surface area contributed by atoms with Crippen molar-refractivity contribution in [2.75, 3.05) is 0 Å². The zero-order chi connectivity index (χ0) is 9.42. The SMILES string of the molecule is CC(C)C(=O)c1cc(C2CC2)[nH]n1. The van der Waals surface area contributed by atoms with E-state index < -0.39 is 0 Å². The fourth-order valence-corrected chi connectivity index (χ4v) is 1.36. The second-order valence-corrected chi connectivity index (χ2v) is 4.00. The first-order valence-corrected chi connectivity index (χ1v) is 4.78. The van der Waals surface area contributed by atoms with Crippen LogP contribution in [-0.4, -0.2) is 16.0 Å². The van der Waals surface area contributed by atoms with Crippen LogP contribution in [0.2, 0.25) is 0 Å². The highest BCUT2D eigenvalue weighted by molar-refractivity contribution is 5.95. The Labute approximate surface area is 77.5 Å². The van der Waals surface area contributed by atoms with E-state index in [1.807, 2.05) is 19.9 Å². The van der Waals surface area contributed by atoms with Crippen molar-refractivity contribution in [3.8, 4) is 0 Å². The Morgan fingerprint density at radius 1 is 1.62 bits per heavy atom. The molecule has 1 aliphatic rings. The largest absolute Gasteiger partial charge is 0.292 e. The smallest absolute Gasteiger partial charge is 0.185 e. The Morgan fingerprint density at radius 3 is 2.85 bits per heavy atom. The zero-order valence-electron chi connectivity index (χ0n) is 8.00. The van der Waals surface area contributed by atoms with Gasteiger partial charge in [0, 0.05) is 17.5 Å². The van der Waals surface area contributed by atoms with Gasteiger partial charge < -0.3 is 0 Å². The van der Waals surface area contributed by atoms with Crippen molar-refractivity contribution in [2.24, 2.45) is 5.92 Å². The molecule has 0 aromatic carbocycles. The van der Waals surface area contributed by atoms with Crippen LogP contribution in [0.4, 0.5) is 0 Å². The Balaban J connectivity index is 2.16. The van der Waals surface area contributed by atoms with Gasteiger partial charge in [-0.2, -0.15) is 5.10 Å². The van der Waals surface area contributed by atoms with E-state index in [2.05, 4.69) is 10.2 Å². The van der Waals surface area contributed by atoms with Crippen molar-refractivity contribution >= 4 is 5.78 Å². The number of nitrogens with zero attached hydrogens (tertiary/aromatic N) is 1. The zero-order valence-corrected chi connectivity index (χ0v) is 8.00. The van der Waals surface area contributed by atoms with Crippen LogP contribution in [-0.2, 0) is 0 Å². The van der Waals surface area contributed by atoms with Crippen molar-refractivity contribution in [2.45, 2.75) is 32.6 Å². The van der Waals surface area contributed by atoms with Crippen molar-refractivity contribution in [1.29, 1.82) is 0 Å². The van der Waals surface area contributed by atoms with Crippen molar-refractivity contribution in [3.05, 3.63) is 17.5 Å². The number of hydrogen-bond acceptors (Lipinski definition) is 2. The molecule has 0 unspecified atom stereocenters. The molecule has 1 heterocycles. The summed E-state index contributed by atoms with van der Waals surface area (Å²) in [6.07, 6.45) is 2.47. The lowest BCUT2D eigenvalue weighted by Gasteiger charge is -1.97. The van der Waals surface area contributed by atoms with Crippen LogP contribution in [0.5, 0.6) is 0 Å². The van der Waals surface area contributed by atoms with Crippen LogP contribution in [0.1, 0.15) is 48.8 Å². The summed E-state index contributed by atoms with van der Waals surface area (Å²) in [4.78, 5) is 11.5. The third kappa shape index (κ3) is 1.64.